The maximum Gasteiger partial charge on any atom is 0.191 e. The number of nitrogens with one attached hydrogen (secondary N) is 2. The summed E-state index contributed by atoms with van der Waals surface area (Å²) >= 11 is 1.82. The van der Waals surface area contributed by atoms with E-state index in [-0.39, 0.29) is 29.4 Å². The third-order valence-electron chi connectivity index (χ3n) is 4.79. The molecule has 6 heteroatoms. The lowest BCUT2D eigenvalue weighted by Gasteiger charge is -2.29. The summed E-state index contributed by atoms with van der Waals surface area (Å²) in [4.78, 5) is 8.19. The van der Waals surface area contributed by atoms with Crippen LogP contribution in [0.5, 0.6) is 0 Å². The van der Waals surface area contributed by atoms with E-state index in [4.69, 9.17) is 0 Å². The van der Waals surface area contributed by atoms with Crippen molar-refractivity contribution in [3.63, 3.8) is 0 Å². The lowest BCUT2D eigenvalue weighted by Crippen LogP contribution is -2.44. The van der Waals surface area contributed by atoms with E-state index in [1.807, 2.05) is 18.4 Å². The number of piperidine rings is 1. The van der Waals surface area contributed by atoms with Gasteiger partial charge in [0.2, 0.25) is 0 Å². The van der Waals surface area contributed by atoms with Crippen molar-refractivity contribution in [1.29, 1.82) is 0 Å². The predicted molar refractivity (Wildman–Crippen MR) is 117 cm³/mol. The van der Waals surface area contributed by atoms with Gasteiger partial charge < -0.3 is 15.5 Å². The molecule has 0 aromatic carbocycles. The summed E-state index contributed by atoms with van der Waals surface area (Å²) in [5.74, 6) is 1.78. The fraction of sp³-hybridized carbons (Fsp3) is 0.722. The van der Waals surface area contributed by atoms with Gasteiger partial charge >= 0.3 is 0 Å². The van der Waals surface area contributed by atoms with Gasteiger partial charge in [0, 0.05) is 30.4 Å². The number of guanidine groups is 1. The number of hydrogen-bond donors (Lipinski definition) is 2. The van der Waals surface area contributed by atoms with E-state index in [0.29, 0.717) is 0 Å². The summed E-state index contributed by atoms with van der Waals surface area (Å²) in [7, 11) is 4.07. The average Bonchev–Trinajstić information content (AvgIpc) is 3.08. The second-order valence-electron chi connectivity index (χ2n) is 7.25. The molecule has 1 aliphatic rings. The van der Waals surface area contributed by atoms with E-state index < -0.39 is 0 Å². The predicted octanol–water partition coefficient (Wildman–Crippen LogP) is 3.54. The third-order valence-corrected chi connectivity index (χ3v) is 6.03. The molecule has 0 unspecified atom stereocenters. The van der Waals surface area contributed by atoms with Gasteiger partial charge in [-0.15, -0.1) is 35.3 Å². The topological polar surface area (TPSA) is 39.7 Å². The van der Waals surface area contributed by atoms with Crippen LogP contribution in [0.15, 0.2) is 22.5 Å². The zero-order valence-electron chi connectivity index (χ0n) is 15.5. The van der Waals surface area contributed by atoms with Gasteiger partial charge in [-0.05, 0) is 56.8 Å². The highest BCUT2D eigenvalue weighted by atomic mass is 127. The van der Waals surface area contributed by atoms with Crippen LogP contribution in [-0.2, 0) is 5.41 Å². The van der Waals surface area contributed by atoms with E-state index >= 15 is 0 Å². The molecule has 0 aliphatic carbocycles. The van der Waals surface area contributed by atoms with Gasteiger partial charge in [0.1, 0.15) is 0 Å². The first-order valence-electron chi connectivity index (χ1n) is 8.68. The van der Waals surface area contributed by atoms with Gasteiger partial charge in [-0.25, -0.2) is 0 Å². The highest BCUT2D eigenvalue weighted by molar-refractivity contribution is 14.0. The second kappa shape index (κ2) is 10.6. The van der Waals surface area contributed by atoms with Crippen LogP contribution in [0.25, 0.3) is 0 Å². The maximum atomic E-state index is 4.36. The lowest BCUT2D eigenvalue weighted by atomic mass is 9.91. The molecule has 0 amide bonds. The number of likely N-dealkylation sites (tertiary alicyclic amines) is 1. The van der Waals surface area contributed by atoms with Gasteiger partial charge in [0.05, 0.1) is 0 Å². The standard InChI is InChI=1S/C18H32N4S.HI/c1-18(2,16-6-5-13-23-16)14-21-17(19-3)20-10-7-15-8-11-22(4)12-9-15;/h5-6,13,15H,7-12,14H2,1-4H3,(H2,19,20,21);1H. The first-order chi connectivity index (χ1) is 11.0. The van der Waals surface area contributed by atoms with Gasteiger partial charge in [0.15, 0.2) is 5.96 Å². The zero-order valence-corrected chi connectivity index (χ0v) is 18.6. The molecule has 2 heterocycles. The number of rotatable bonds is 6. The normalized spacial score (nSPS) is 17.4. The highest BCUT2D eigenvalue weighted by Crippen LogP contribution is 2.26. The van der Waals surface area contributed by atoms with Crippen LogP contribution in [-0.4, -0.2) is 51.1 Å². The molecule has 0 bridgehead atoms. The van der Waals surface area contributed by atoms with Crippen LogP contribution in [0.3, 0.4) is 0 Å². The van der Waals surface area contributed by atoms with E-state index in [2.05, 4.69) is 58.9 Å². The molecule has 24 heavy (non-hydrogen) atoms. The van der Waals surface area contributed by atoms with Crippen molar-refractivity contribution in [1.82, 2.24) is 15.5 Å². The molecule has 0 atom stereocenters. The largest absolute Gasteiger partial charge is 0.356 e. The molecule has 4 nitrogen and oxygen atoms in total. The summed E-state index contributed by atoms with van der Waals surface area (Å²) in [5.41, 5.74) is 0.125. The Morgan fingerprint density at radius 2 is 2.04 bits per heavy atom. The van der Waals surface area contributed by atoms with Crippen LogP contribution in [0.1, 0.15) is 38.0 Å². The van der Waals surface area contributed by atoms with Crippen molar-refractivity contribution in [3.8, 4) is 0 Å². The van der Waals surface area contributed by atoms with Crippen molar-refractivity contribution in [3.05, 3.63) is 22.4 Å². The van der Waals surface area contributed by atoms with Crippen molar-refractivity contribution >= 4 is 41.3 Å². The van der Waals surface area contributed by atoms with E-state index in [0.717, 1.165) is 25.0 Å². The minimum absolute atomic E-state index is 0. The fourth-order valence-electron chi connectivity index (χ4n) is 3.02. The Kier molecular flexibility index (Phi) is 9.59. The highest BCUT2D eigenvalue weighted by Gasteiger charge is 2.22. The van der Waals surface area contributed by atoms with Crippen LogP contribution < -0.4 is 10.6 Å². The molecule has 0 spiro atoms. The minimum atomic E-state index is 0. The van der Waals surface area contributed by atoms with Crippen molar-refractivity contribution in [2.75, 3.05) is 40.3 Å². The summed E-state index contributed by atoms with van der Waals surface area (Å²) in [5, 5.41) is 9.10. The summed E-state index contributed by atoms with van der Waals surface area (Å²) in [6, 6.07) is 4.33. The monoisotopic (exact) mass is 464 g/mol. The molecule has 138 valence electrons. The fourth-order valence-corrected chi connectivity index (χ4v) is 3.87. The average molecular weight is 464 g/mol. The Labute approximate surface area is 168 Å². The van der Waals surface area contributed by atoms with Crippen molar-refractivity contribution in [2.45, 2.75) is 38.5 Å². The second-order valence-corrected chi connectivity index (χ2v) is 8.20. The Hall–Kier alpha value is -0.340. The number of halogens is 1. The first-order valence-corrected chi connectivity index (χ1v) is 9.56. The number of hydrogen-bond acceptors (Lipinski definition) is 3. The number of aliphatic imine (C=N–C) groups is 1. The van der Waals surface area contributed by atoms with Gasteiger partial charge in [-0.1, -0.05) is 19.9 Å². The van der Waals surface area contributed by atoms with Crippen molar-refractivity contribution in [2.24, 2.45) is 10.9 Å². The molecule has 1 aliphatic heterocycles. The van der Waals surface area contributed by atoms with Gasteiger partial charge in [0.25, 0.3) is 0 Å². The Bertz CT molecular complexity index is 479. The molecule has 1 aromatic rings. The molecule has 1 aromatic heterocycles. The van der Waals surface area contributed by atoms with Crippen LogP contribution >= 0.6 is 35.3 Å². The van der Waals surface area contributed by atoms with Gasteiger partial charge in [-0.2, -0.15) is 0 Å². The van der Waals surface area contributed by atoms with Crippen LogP contribution in [0.2, 0.25) is 0 Å². The minimum Gasteiger partial charge on any atom is -0.356 e. The van der Waals surface area contributed by atoms with Crippen molar-refractivity contribution < 1.29 is 0 Å². The summed E-state index contributed by atoms with van der Waals surface area (Å²) < 4.78 is 0. The third kappa shape index (κ3) is 6.88. The maximum absolute atomic E-state index is 4.36. The SMILES string of the molecule is CN=C(NCCC1CCN(C)CC1)NCC(C)(C)c1cccs1.I. The molecule has 0 radical (unpaired) electrons. The van der Waals surface area contributed by atoms with Crippen LogP contribution in [0.4, 0.5) is 0 Å². The van der Waals surface area contributed by atoms with E-state index in [9.17, 15) is 0 Å². The van der Waals surface area contributed by atoms with Crippen LogP contribution in [0, 0.1) is 5.92 Å². The lowest BCUT2D eigenvalue weighted by molar-refractivity contribution is 0.213. The number of thiophene rings is 1. The first kappa shape index (κ1) is 21.7. The summed E-state index contributed by atoms with van der Waals surface area (Å²) in [6.45, 7) is 8.93. The summed E-state index contributed by atoms with van der Waals surface area (Å²) in [6.07, 6.45) is 3.90. The molecule has 1 saturated heterocycles. The molecular weight excluding hydrogens is 431 g/mol. The molecule has 2 N–H and O–H groups in total. The molecular formula is C18H33IN4S. The quantitative estimate of drug-likeness (QED) is 0.385. The Balaban J connectivity index is 0.00000288. The smallest absolute Gasteiger partial charge is 0.191 e. The van der Waals surface area contributed by atoms with Gasteiger partial charge in [-0.3, -0.25) is 4.99 Å². The van der Waals surface area contributed by atoms with E-state index in [1.54, 1.807) is 0 Å². The van der Waals surface area contributed by atoms with E-state index in [1.165, 1.54) is 37.2 Å². The zero-order chi connectivity index (χ0) is 16.7. The molecule has 0 saturated carbocycles. The Morgan fingerprint density at radius 1 is 1.33 bits per heavy atom. The molecule has 2 rings (SSSR count). The molecule has 1 fully saturated rings. The Morgan fingerprint density at radius 3 is 2.62 bits per heavy atom. The number of nitrogens with zero attached hydrogens (tertiary/aromatic N) is 2.